The van der Waals surface area contributed by atoms with Crippen LogP contribution in [-0.4, -0.2) is 41.1 Å². The van der Waals surface area contributed by atoms with Crippen molar-refractivity contribution in [1.29, 1.82) is 0 Å². The number of rotatable bonds is 4. The van der Waals surface area contributed by atoms with Gasteiger partial charge in [-0.1, -0.05) is 13.8 Å². The number of hydrogen-bond donors (Lipinski definition) is 3. The molecule has 1 aliphatic heterocycles. The third kappa shape index (κ3) is 2.68. The number of likely N-dealkylation sites (tertiary alicyclic amines) is 1. The molecule has 0 aromatic heterocycles. The molecule has 5 nitrogen and oxygen atoms in total. The van der Waals surface area contributed by atoms with Crippen molar-refractivity contribution >= 4 is 5.91 Å². The van der Waals surface area contributed by atoms with Crippen molar-refractivity contribution in [2.24, 2.45) is 11.8 Å². The van der Waals surface area contributed by atoms with Crippen LogP contribution in [0.1, 0.15) is 26.7 Å². The highest BCUT2D eigenvalue weighted by Crippen LogP contribution is 2.23. The maximum absolute atomic E-state index is 11.6. The molecule has 0 aromatic carbocycles. The van der Waals surface area contributed by atoms with Crippen LogP contribution in [0.3, 0.4) is 0 Å². The minimum atomic E-state index is -0.227. The molecule has 1 rings (SSSR count). The summed E-state index contributed by atoms with van der Waals surface area (Å²) in [6.07, 6.45) is 1.99. The van der Waals surface area contributed by atoms with Gasteiger partial charge in [-0.05, 0) is 25.3 Å². The second-order valence-electron chi connectivity index (χ2n) is 4.41. The summed E-state index contributed by atoms with van der Waals surface area (Å²) in [5.41, 5.74) is 2.21. The summed E-state index contributed by atoms with van der Waals surface area (Å²) in [6.45, 7) is 4.96. The summed E-state index contributed by atoms with van der Waals surface area (Å²) >= 11 is 0. The maximum atomic E-state index is 11.6. The fourth-order valence-corrected chi connectivity index (χ4v) is 2.34. The van der Waals surface area contributed by atoms with E-state index in [1.54, 1.807) is 0 Å². The van der Waals surface area contributed by atoms with E-state index in [1.807, 2.05) is 13.8 Å². The van der Waals surface area contributed by atoms with Crippen LogP contribution in [0.5, 0.6) is 0 Å². The van der Waals surface area contributed by atoms with E-state index < -0.39 is 0 Å². The fourth-order valence-electron chi connectivity index (χ4n) is 2.34. The molecule has 15 heavy (non-hydrogen) atoms. The number of hydrazine groups is 1. The molecule has 0 radical (unpaired) electrons. The highest BCUT2D eigenvalue weighted by molar-refractivity contribution is 5.81. The molecule has 0 saturated carbocycles. The number of amides is 1. The van der Waals surface area contributed by atoms with Crippen molar-refractivity contribution in [2.75, 3.05) is 13.2 Å². The van der Waals surface area contributed by atoms with Crippen LogP contribution in [0, 0.1) is 5.92 Å². The minimum absolute atomic E-state index is 0.106. The van der Waals surface area contributed by atoms with Crippen molar-refractivity contribution in [2.45, 2.75) is 38.8 Å². The molecule has 2 atom stereocenters. The van der Waals surface area contributed by atoms with E-state index >= 15 is 0 Å². The Labute approximate surface area is 90.6 Å². The first-order valence-electron chi connectivity index (χ1n) is 5.48. The SMILES string of the molecule is CC(C)C(C(=O)NN)N1CCCC1CO. The molecule has 1 aliphatic rings. The van der Waals surface area contributed by atoms with E-state index in [9.17, 15) is 9.90 Å². The molecule has 5 heteroatoms. The van der Waals surface area contributed by atoms with E-state index in [-0.39, 0.29) is 30.5 Å². The minimum Gasteiger partial charge on any atom is -0.395 e. The number of nitrogens with zero attached hydrogens (tertiary/aromatic N) is 1. The number of carbonyl (C=O) groups excluding carboxylic acids is 1. The maximum Gasteiger partial charge on any atom is 0.251 e. The largest absolute Gasteiger partial charge is 0.395 e. The lowest BCUT2D eigenvalue weighted by Crippen LogP contribution is -2.53. The Kier molecular flexibility index (Phi) is 4.50. The Morgan fingerprint density at radius 2 is 2.33 bits per heavy atom. The lowest BCUT2D eigenvalue weighted by atomic mass is 10.0. The fraction of sp³-hybridized carbons (Fsp3) is 0.900. The predicted octanol–water partition coefficient (Wildman–Crippen LogP) is -0.542. The van der Waals surface area contributed by atoms with E-state index in [2.05, 4.69) is 10.3 Å². The van der Waals surface area contributed by atoms with Crippen molar-refractivity contribution in [3.8, 4) is 0 Å². The summed E-state index contributed by atoms with van der Waals surface area (Å²) in [4.78, 5) is 13.7. The summed E-state index contributed by atoms with van der Waals surface area (Å²) in [5, 5.41) is 9.22. The third-order valence-corrected chi connectivity index (χ3v) is 3.03. The van der Waals surface area contributed by atoms with Gasteiger partial charge in [-0.3, -0.25) is 15.1 Å². The number of nitrogens with two attached hydrogens (primary N) is 1. The third-order valence-electron chi connectivity index (χ3n) is 3.03. The van der Waals surface area contributed by atoms with Crippen LogP contribution in [0.15, 0.2) is 0 Å². The number of aliphatic hydroxyl groups is 1. The summed E-state index contributed by atoms with van der Waals surface area (Å²) in [5.74, 6) is 5.21. The number of nitrogens with one attached hydrogen (secondary N) is 1. The zero-order valence-corrected chi connectivity index (χ0v) is 9.44. The zero-order valence-electron chi connectivity index (χ0n) is 9.44. The van der Waals surface area contributed by atoms with E-state index in [1.165, 1.54) is 0 Å². The molecule has 1 heterocycles. The lowest BCUT2D eigenvalue weighted by Gasteiger charge is -2.33. The molecule has 1 saturated heterocycles. The normalized spacial score (nSPS) is 24.5. The molecule has 1 amide bonds. The molecule has 0 spiro atoms. The summed E-state index contributed by atoms with van der Waals surface area (Å²) in [6, 6.07) is -0.121. The highest BCUT2D eigenvalue weighted by Gasteiger charge is 2.35. The molecule has 4 N–H and O–H groups in total. The first-order valence-corrected chi connectivity index (χ1v) is 5.48. The van der Waals surface area contributed by atoms with Gasteiger partial charge in [-0.15, -0.1) is 0 Å². The van der Waals surface area contributed by atoms with Crippen LogP contribution in [0.4, 0.5) is 0 Å². The van der Waals surface area contributed by atoms with E-state index in [0.29, 0.717) is 0 Å². The zero-order chi connectivity index (χ0) is 11.4. The Bertz CT molecular complexity index is 221. The van der Waals surface area contributed by atoms with Crippen molar-refractivity contribution in [3.63, 3.8) is 0 Å². The van der Waals surface area contributed by atoms with E-state index in [0.717, 1.165) is 19.4 Å². The number of carbonyl (C=O) groups is 1. The summed E-state index contributed by atoms with van der Waals surface area (Å²) < 4.78 is 0. The first-order chi connectivity index (χ1) is 7.11. The van der Waals surface area contributed by atoms with Crippen molar-refractivity contribution in [3.05, 3.63) is 0 Å². The van der Waals surface area contributed by atoms with Gasteiger partial charge < -0.3 is 5.11 Å². The van der Waals surface area contributed by atoms with Gasteiger partial charge in [0.2, 0.25) is 0 Å². The van der Waals surface area contributed by atoms with Crippen molar-refractivity contribution < 1.29 is 9.90 Å². The van der Waals surface area contributed by atoms with Crippen LogP contribution >= 0.6 is 0 Å². The van der Waals surface area contributed by atoms with Crippen LogP contribution in [-0.2, 0) is 4.79 Å². The van der Waals surface area contributed by atoms with E-state index in [4.69, 9.17) is 5.84 Å². The average Bonchev–Trinajstić information content (AvgIpc) is 2.65. The molecule has 2 unspecified atom stereocenters. The standard InChI is InChI=1S/C10H21N3O2/c1-7(2)9(10(15)12-11)13-5-3-4-8(13)6-14/h7-9,14H,3-6,11H2,1-2H3,(H,12,15). The van der Waals surface area contributed by atoms with Gasteiger partial charge >= 0.3 is 0 Å². The monoisotopic (exact) mass is 215 g/mol. The quantitative estimate of drug-likeness (QED) is 0.334. The van der Waals surface area contributed by atoms with Gasteiger partial charge in [0.1, 0.15) is 0 Å². The average molecular weight is 215 g/mol. The predicted molar refractivity (Wildman–Crippen MR) is 57.8 cm³/mol. The Morgan fingerprint density at radius 1 is 1.67 bits per heavy atom. The molecule has 0 aromatic rings. The second-order valence-corrected chi connectivity index (χ2v) is 4.41. The van der Waals surface area contributed by atoms with Gasteiger partial charge in [0.15, 0.2) is 0 Å². The molecular formula is C10H21N3O2. The molecule has 0 bridgehead atoms. The Balaban J connectivity index is 2.74. The Hall–Kier alpha value is -0.650. The molecular weight excluding hydrogens is 194 g/mol. The van der Waals surface area contributed by atoms with Gasteiger partial charge in [0.25, 0.3) is 5.91 Å². The molecule has 0 aliphatic carbocycles. The van der Waals surface area contributed by atoms with Crippen LogP contribution in [0.25, 0.3) is 0 Å². The van der Waals surface area contributed by atoms with Gasteiger partial charge in [0.05, 0.1) is 12.6 Å². The topological polar surface area (TPSA) is 78.6 Å². The van der Waals surface area contributed by atoms with Gasteiger partial charge in [0, 0.05) is 6.04 Å². The number of hydrogen-bond acceptors (Lipinski definition) is 4. The molecule has 1 fully saturated rings. The van der Waals surface area contributed by atoms with Crippen LogP contribution in [0.2, 0.25) is 0 Å². The second kappa shape index (κ2) is 5.44. The smallest absolute Gasteiger partial charge is 0.251 e. The van der Waals surface area contributed by atoms with Gasteiger partial charge in [-0.25, -0.2) is 5.84 Å². The van der Waals surface area contributed by atoms with Crippen LogP contribution < -0.4 is 11.3 Å². The Morgan fingerprint density at radius 3 is 2.80 bits per heavy atom. The van der Waals surface area contributed by atoms with Gasteiger partial charge in [-0.2, -0.15) is 0 Å². The highest BCUT2D eigenvalue weighted by atomic mass is 16.3. The first kappa shape index (κ1) is 12.4. The summed E-state index contributed by atoms with van der Waals surface area (Å²) in [7, 11) is 0. The molecule has 88 valence electrons. The van der Waals surface area contributed by atoms with Crippen molar-refractivity contribution in [1.82, 2.24) is 10.3 Å². The lowest BCUT2D eigenvalue weighted by molar-refractivity contribution is -0.128. The number of aliphatic hydroxyl groups excluding tert-OH is 1.